The Hall–Kier alpha value is -3.60. The SMILES string of the molecule is CCC(=O)NCCC(F)(F)F.CCn1nccc1C(=O)NC(c1cn2c(n1)NC(N1CCNC(C)(C)C1)C(C)=N2)C1CCC(F)(F)CC1. The summed E-state index contributed by atoms with van der Waals surface area (Å²) in [5.74, 6) is -2.88. The fourth-order valence-corrected chi connectivity index (χ4v) is 6.21. The molecule has 17 heteroatoms. The zero-order valence-corrected chi connectivity index (χ0v) is 28.1. The minimum absolute atomic E-state index is 0.0122. The molecule has 2 unspecified atom stereocenters. The first-order chi connectivity index (χ1) is 22.5. The molecule has 1 saturated heterocycles. The Morgan fingerprint density at radius 3 is 2.50 bits per heavy atom. The lowest BCUT2D eigenvalue weighted by atomic mass is 9.81. The number of amides is 2. The van der Waals surface area contributed by atoms with Crippen molar-refractivity contribution in [3.8, 4) is 0 Å². The number of nitrogens with one attached hydrogen (secondary N) is 4. The van der Waals surface area contributed by atoms with Crippen molar-refractivity contribution in [3.05, 3.63) is 29.8 Å². The standard InChI is InChI=1S/C25H37F2N9O.C6H10F3NO/c1-5-35-19(8-11-29-35)22(37)31-20(17-6-9-25(26,27)10-7-17)18-14-36-23(30-18)32-21(16(2)33-36)34-13-12-28-24(3,4)15-34;1-2-5(11)10-4-3-6(7,8)9/h8,11,14,17,20-21,28H,5-7,9-10,12-13,15H2,1-4H3,(H,30,32)(H,31,37);2-4H2,1H3,(H,10,11). The Kier molecular flexibility index (Phi) is 11.9. The van der Waals surface area contributed by atoms with E-state index < -0.39 is 24.6 Å². The molecule has 2 aromatic heterocycles. The Morgan fingerprint density at radius 2 is 1.88 bits per heavy atom. The highest BCUT2D eigenvalue weighted by molar-refractivity contribution is 5.93. The predicted molar refractivity (Wildman–Crippen MR) is 171 cm³/mol. The second-order valence-corrected chi connectivity index (χ2v) is 13.1. The van der Waals surface area contributed by atoms with Gasteiger partial charge in [0.25, 0.3) is 5.91 Å². The van der Waals surface area contributed by atoms with Crippen LogP contribution < -0.4 is 21.3 Å². The number of nitrogens with zero attached hydrogens (tertiary/aromatic N) is 6. The van der Waals surface area contributed by atoms with Crippen LogP contribution in [0, 0.1) is 5.92 Å². The van der Waals surface area contributed by atoms with Crippen LogP contribution in [0.5, 0.6) is 0 Å². The van der Waals surface area contributed by atoms with E-state index in [0.29, 0.717) is 36.7 Å². The first-order valence-corrected chi connectivity index (χ1v) is 16.4. The smallest absolute Gasteiger partial charge is 0.356 e. The van der Waals surface area contributed by atoms with Gasteiger partial charge in [-0.15, -0.1) is 0 Å². The van der Waals surface area contributed by atoms with Crippen molar-refractivity contribution in [1.82, 2.24) is 40.3 Å². The number of aromatic nitrogens is 4. The fourth-order valence-electron chi connectivity index (χ4n) is 6.21. The summed E-state index contributed by atoms with van der Waals surface area (Å²) in [4.78, 5) is 30.8. The van der Waals surface area contributed by atoms with Crippen LogP contribution >= 0.6 is 0 Å². The van der Waals surface area contributed by atoms with E-state index in [1.807, 2.05) is 13.8 Å². The number of halogens is 5. The van der Waals surface area contributed by atoms with Crippen LogP contribution in [-0.2, 0) is 11.3 Å². The van der Waals surface area contributed by atoms with Gasteiger partial charge in [0, 0.05) is 63.7 Å². The fraction of sp³-hybridized carbons (Fsp3) is 0.710. The van der Waals surface area contributed by atoms with E-state index in [1.54, 1.807) is 34.7 Å². The van der Waals surface area contributed by atoms with Gasteiger partial charge >= 0.3 is 6.18 Å². The van der Waals surface area contributed by atoms with Crippen molar-refractivity contribution in [2.45, 2.75) is 110 Å². The molecule has 2 atom stereocenters. The molecule has 0 aromatic carbocycles. The molecule has 4 N–H and O–H groups in total. The molecule has 1 saturated carbocycles. The average molecular weight is 687 g/mol. The molecule has 5 rings (SSSR count). The first-order valence-electron chi connectivity index (χ1n) is 16.4. The van der Waals surface area contributed by atoms with E-state index in [4.69, 9.17) is 10.1 Å². The maximum atomic E-state index is 14.0. The number of piperazine rings is 1. The van der Waals surface area contributed by atoms with E-state index in [1.165, 1.54) is 0 Å². The van der Waals surface area contributed by atoms with Gasteiger partial charge < -0.3 is 21.3 Å². The van der Waals surface area contributed by atoms with Crippen LogP contribution in [0.4, 0.5) is 27.9 Å². The molecular formula is C31H47F5N10O2. The van der Waals surface area contributed by atoms with Gasteiger partial charge in [-0.3, -0.25) is 19.2 Å². The van der Waals surface area contributed by atoms with E-state index in [2.05, 4.69) is 45.1 Å². The van der Waals surface area contributed by atoms with Gasteiger partial charge in [0.15, 0.2) is 0 Å². The third-order valence-corrected chi connectivity index (χ3v) is 8.74. The lowest BCUT2D eigenvalue weighted by molar-refractivity contribution is -0.135. The summed E-state index contributed by atoms with van der Waals surface area (Å²) in [5.41, 5.74) is 1.96. The highest BCUT2D eigenvalue weighted by atomic mass is 19.4. The number of hydrogen-bond donors (Lipinski definition) is 4. The number of carbonyl (C=O) groups excluding carboxylic acids is 2. The maximum absolute atomic E-state index is 14.0. The Morgan fingerprint density at radius 1 is 1.17 bits per heavy atom. The second-order valence-electron chi connectivity index (χ2n) is 13.1. The zero-order valence-electron chi connectivity index (χ0n) is 28.1. The molecule has 0 spiro atoms. The van der Waals surface area contributed by atoms with Crippen LogP contribution in [-0.4, -0.2) is 91.8 Å². The summed E-state index contributed by atoms with van der Waals surface area (Å²) in [6.07, 6.45) is -1.40. The van der Waals surface area contributed by atoms with Crippen molar-refractivity contribution in [2.24, 2.45) is 11.0 Å². The van der Waals surface area contributed by atoms with Crippen LogP contribution in [0.15, 0.2) is 23.6 Å². The summed E-state index contributed by atoms with van der Waals surface area (Å²) >= 11 is 0. The Balaban J connectivity index is 0.000000408. The minimum Gasteiger partial charge on any atom is -0.356 e. The number of aryl methyl sites for hydroxylation is 1. The lowest BCUT2D eigenvalue weighted by Gasteiger charge is -2.43. The number of rotatable bonds is 9. The van der Waals surface area contributed by atoms with Crippen molar-refractivity contribution >= 4 is 23.5 Å². The highest BCUT2D eigenvalue weighted by Gasteiger charge is 2.40. The minimum atomic E-state index is -4.18. The second kappa shape index (κ2) is 15.3. The molecular weight excluding hydrogens is 639 g/mol. The van der Waals surface area contributed by atoms with Gasteiger partial charge in [-0.2, -0.15) is 23.4 Å². The number of carbonyl (C=O) groups is 2. The van der Waals surface area contributed by atoms with Crippen LogP contribution in [0.2, 0.25) is 0 Å². The number of anilines is 1. The zero-order chi connectivity index (χ0) is 35.3. The van der Waals surface area contributed by atoms with Crippen molar-refractivity contribution in [3.63, 3.8) is 0 Å². The molecule has 1 aliphatic carbocycles. The summed E-state index contributed by atoms with van der Waals surface area (Å²) in [6.45, 7) is 12.7. The van der Waals surface area contributed by atoms with E-state index >= 15 is 0 Å². The number of alkyl halides is 5. The third-order valence-electron chi connectivity index (χ3n) is 8.74. The van der Waals surface area contributed by atoms with Crippen molar-refractivity contribution in [1.29, 1.82) is 0 Å². The van der Waals surface area contributed by atoms with Gasteiger partial charge in [0.1, 0.15) is 11.9 Å². The van der Waals surface area contributed by atoms with Gasteiger partial charge in [0.2, 0.25) is 17.8 Å². The average Bonchev–Trinajstić information content (AvgIpc) is 3.65. The van der Waals surface area contributed by atoms with Crippen LogP contribution in [0.3, 0.4) is 0 Å². The summed E-state index contributed by atoms with van der Waals surface area (Å²) < 4.78 is 65.6. The Labute approximate surface area is 277 Å². The summed E-state index contributed by atoms with van der Waals surface area (Å²) in [7, 11) is 0. The molecule has 2 amide bonds. The number of hydrogen-bond acceptors (Lipinski definition) is 8. The molecule has 48 heavy (non-hydrogen) atoms. The monoisotopic (exact) mass is 686 g/mol. The van der Waals surface area contributed by atoms with Gasteiger partial charge in [0.05, 0.1) is 30.1 Å². The quantitative estimate of drug-likeness (QED) is 0.285. The first kappa shape index (κ1) is 37.2. The van der Waals surface area contributed by atoms with Gasteiger partial charge in [-0.05, 0) is 52.5 Å². The molecule has 0 bridgehead atoms. The van der Waals surface area contributed by atoms with Gasteiger partial charge in [-0.25, -0.2) is 18.4 Å². The molecule has 12 nitrogen and oxygen atoms in total. The molecule has 3 aliphatic rings. The highest BCUT2D eigenvalue weighted by Crippen LogP contribution is 2.41. The largest absolute Gasteiger partial charge is 0.390 e. The molecule has 2 fully saturated rings. The summed E-state index contributed by atoms with van der Waals surface area (Å²) in [5, 5.41) is 21.2. The molecule has 4 heterocycles. The molecule has 2 aliphatic heterocycles. The third kappa shape index (κ3) is 9.96. The predicted octanol–water partition coefficient (Wildman–Crippen LogP) is 4.52. The van der Waals surface area contributed by atoms with Gasteiger partial charge in [-0.1, -0.05) is 6.92 Å². The van der Waals surface area contributed by atoms with Crippen molar-refractivity contribution in [2.75, 3.05) is 31.5 Å². The number of imidazole rings is 1. The van der Waals surface area contributed by atoms with E-state index in [9.17, 15) is 31.5 Å². The number of fused-ring (bicyclic) bond motifs is 1. The summed E-state index contributed by atoms with van der Waals surface area (Å²) in [6, 6.07) is 1.15. The van der Waals surface area contributed by atoms with Crippen LogP contribution in [0.25, 0.3) is 0 Å². The Bertz CT molecular complexity index is 1430. The maximum Gasteiger partial charge on any atom is 0.390 e. The van der Waals surface area contributed by atoms with Crippen molar-refractivity contribution < 1.29 is 31.5 Å². The molecule has 2 aromatic rings. The topological polar surface area (TPSA) is 134 Å². The molecule has 268 valence electrons. The molecule has 0 radical (unpaired) electrons. The normalized spacial score (nSPS) is 21.5. The lowest BCUT2D eigenvalue weighted by Crippen LogP contribution is -2.62. The van der Waals surface area contributed by atoms with Crippen LogP contribution in [0.1, 0.15) is 95.4 Å². The van der Waals surface area contributed by atoms with E-state index in [0.717, 1.165) is 25.3 Å². The van der Waals surface area contributed by atoms with E-state index in [-0.39, 0.29) is 55.2 Å².